The standard InChI is InChI=1S/C13H18FNO2/c1-4-17-13(16)10(2)15(3)9-11-6-5-7-12(14)8-11/h5-8,10H,4,9H2,1-3H3. The van der Waals surface area contributed by atoms with E-state index in [9.17, 15) is 9.18 Å². The third-order valence-electron chi connectivity index (χ3n) is 2.61. The van der Waals surface area contributed by atoms with E-state index < -0.39 is 0 Å². The van der Waals surface area contributed by atoms with Crippen LogP contribution >= 0.6 is 0 Å². The molecule has 0 N–H and O–H groups in total. The lowest BCUT2D eigenvalue weighted by Crippen LogP contribution is -2.36. The van der Waals surface area contributed by atoms with Gasteiger partial charge in [0, 0.05) is 6.54 Å². The minimum Gasteiger partial charge on any atom is -0.465 e. The number of carbonyl (C=O) groups excluding carboxylic acids is 1. The lowest BCUT2D eigenvalue weighted by Gasteiger charge is -2.22. The van der Waals surface area contributed by atoms with Crippen LogP contribution in [0, 0.1) is 5.82 Å². The molecule has 0 heterocycles. The molecular weight excluding hydrogens is 221 g/mol. The smallest absolute Gasteiger partial charge is 0.323 e. The zero-order valence-corrected chi connectivity index (χ0v) is 10.4. The van der Waals surface area contributed by atoms with Crippen LogP contribution in [0.15, 0.2) is 24.3 Å². The van der Waals surface area contributed by atoms with E-state index in [1.165, 1.54) is 12.1 Å². The van der Waals surface area contributed by atoms with Gasteiger partial charge < -0.3 is 4.74 Å². The molecule has 3 nitrogen and oxygen atoms in total. The number of esters is 1. The molecule has 0 radical (unpaired) electrons. The van der Waals surface area contributed by atoms with Gasteiger partial charge in [-0.15, -0.1) is 0 Å². The minimum absolute atomic E-state index is 0.258. The number of nitrogens with zero attached hydrogens (tertiary/aromatic N) is 1. The van der Waals surface area contributed by atoms with Gasteiger partial charge in [-0.1, -0.05) is 12.1 Å². The Kier molecular flexibility index (Phi) is 5.10. The van der Waals surface area contributed by atoms with E-state index >= 15 is 0 Å². The van der Waals surface area contributed by atoms with E-state index in [0.29, 0.717) is 13.2 Å². The molecule has 94 valence electrons. The van der Waals surface area contributed by atoms with Crippen LogP contribution in [-0.4, -0.2) is 30.6 Å². The van der Waals surface area contributed by atoms with Gasteiger partial charge in [-0.25, -0.2) is 4.39 Å². The van der Waals surface area contributed by atoms with Crippen LogP contribution in [0.25, 0.3) is 0 Å². The molecule has 0 fully saturated rings. The van der Waals surface area contributed by atoms with Crippen molar-refractivity contribution in [2.24, 2.45) is 0 Å². The number of likely N-dealkylation sites (N-methyl/N-ethyl adjacent to an activating group) is 1. The molecule has 0 saturated heterocycles. The summed E-state index contributed by atoms with van der Waals surface area (Å²) in [6, 6.07) is 6.02. The average Bonchev–Trinajstić information content (AvgIpc) is 2.28. The Hall–Kier alpha value is -1.42. The molecule has 0 bridgehead atoms. The summed E-state index contributed by atoms with van der Waals surface area (Å²) in [5.74, 6) is -0.522. The highest BCUT2D eigenvalue weighted by molar-refractivity contribution is 5.75. The molecule has 1 rings (SSSR count). The molecule has 1 atom stereocenters. The van der Waals surface area contributed by atoms with Crippen molar-refractivity contribution in [3.8, 4) is 0 Å². The molecule has 1 aromatic carbocycles. The number of rotatable bonds is 5. The van der Waals surface area contributed by atoms with Crippen LogP contribution in [0.3, 0.4) is 0 Å². The highest BCUT2D eigenvalue weighted by Crippen LogP contribution is 2.09. The van der Waals surface area contributed by atoms with E-state index in [1.54, 1.807) is 19.9 Å². The fourth-order valence-corrected chi connectivity index (χ4v) is 1.50. The highest BCUT2D eigenvalue weighted by atomic mass is 19.1. The fourth-order valence-electron chi connectivity index (χ4n) is 1.50. The third kappa shape index (κ3) is 4.15. The maximum absolute atomic E-state index is 13.0. The summed E-state index contributed by atoms with van der Waals surface area (Å²) in [4.78, 5) is 13.3. The Morgan fingerprint density at radius 1 is 1.53 bits per heavy atom. The maximum atomic E-state index is 13.0. The molecule has 0 aliphatic rings. The molecule has 0 spiro atoms. The first kappa shape index (κ1) is 13.6. The normalized spacial score (nSPS) is 12.5. The van der Waals surface area contributed by atoms with Gasteiger partial charge in [0.2, 0.25) is 0 Å². The van der Waals surface area contributed by atoms with E-state index in [0.717, 1.165) is 5.56 Å². The van der Waals surface area contributed by atoms with E-state index in [-0.39, 0.29) is 17.8 Å². The van der Waals surface area contributed by atoms with E-state index in [1.807, 2.05) is 18.0 Å². The summed E-state index contributed by atoms with van der Waals surface area (Å²) >= 11 is 0. The van der Waals surface area contributed by atoms with Crippen molar-refractivity contribution in [2.75, 3.05) is 13.7 Å². The van der Waals surface area contributed by atoms with Crippen LogP contribution in [-0.2, 0) is 16.1 Å². The van der Waals surface area contributed by atoms with Gasteiger partial charge in [0.15, 0.2) is 0 Å². The molecule has 0 aliphatic carbocycles. The quantitative estimate of drug-likeness (QED) is 0.738. The molecule has 4 heteroatoms. The second kappa shape index (κ2) is 6.35. The number of carbonyl (C=O) groups is 1. The summed E-state index contributed by atoms with van der Waals surface area (Å²) in [6.07, 6.45) is 0. The highest BCUT2D eigenvalue weighted by Gasteiger charge is 2.19. The molecular formula is C13H18FNO2. The number of hydrogen-bond acceptors (Lipinski definition) is 3. The number of halogens is 1. The Bertz CT molecular complexity index is 381. The first-order valence-electron chi connectivity index (χ1n) is 5.66. The lowest BCUT2D eigenvalue weighted by atomic mass is 10.2. The molecule has 0 saturated carbocycles. The Morgan fingerprint density at radius 3 is 2.82 bits per heavy atom. The summed E-state index contributed by atoms with van der Waals surface area (Å²) in [5.41, 5.74) is 0.837. The fraction of sp³-hybridized carbons (Fsp3) is 0.462. The lowest BCUT2D eigenvalue weighted by molar-refractivity contribution is -0.148. The number of benzene rings is 1. The van der Waals surface area contributed by atoms with Gasteiger partial charge in [-0.3, -0.25) is 9.69 Å². The first-order chi connectivity index (χ1) is 8.04. The summed E-state index contributed by atoms with van der Waals surface area (Å²) in [7, 11) is 1.81. The van der Waals surface area contributed by atoms with Gasteiger partial charge in [0.1, 0.15) is 11.9 Å². The second-order valence-corrected chi connectivity index (χ2v) is 3.97. The zero-order valence-electron chi connectivity index (χ0n) is 10.4. The van der Waals surface area contributed by atoms with Crippen molar-refractivity contribution in [1.82, 2.24) is 4.90 Å². The average molecular weight is 239 g/mol. The molecule has 0 aliphatic heterocycles. The summed E-state index contributed by atoms with van der Waals surface area (Å²) in [5, 5.41) is 0. The molecule has 0 aromatic heterocycles. The number of ether oxygens (including phenoxy) is 1. The van der Waals surface area contributed by atoms with Crippen molar-refractivity contribution in [1.29, 1.82) is 0 Å². The summed E-state index contributed by atoms with van der Waals surface area (Å²) in [6.45, 7) is 4.43. The van der Waals surface area contributed by atoms with Gasteiger partial charge >= 0.3 is 5.97 Å². The van der Waals surface area contributed by atoms with Crippen molar-refractivity contribution in [2.45, 2.75) is 26.4 Å². The molecule has 1 aromatic rings. The monoisotopic (exact) mass is 239 g/mol. The number of hydrogen-bond donors (Lipinski definition) is 0. The third-order valence-corrected chi connectivity index (χ3v) is 2.61. The van der Waals surface area contributed by atoms with Gasteiger partial charge in [0.05, 0.1) is 6.61 Å². The molecule has 0 amide bonds. The van der Waals surface area contributed by atoms with Crippen molar-refractivity contribution >= 4 is 5.97 Å². The predicted octanol–water partition coefficient (Wildman–Crippen LogP) is 2.21. The van der Waals surface area contributed by atoms with Crippen LogP contribution in [0.1, 0.15) is 19.4 Å². The molecule has 17 heavy (non-hydrogen) atoms. The van der Waals surface area contributed by atoms with Crippen molar-refractivity contribution in [3.05, 3.63) is 35.6 Å². The van der Waals surface area contributed by atoms with Crippen molar-refractivity contribution in [3.63, 3.8) is 0 Å². The predicted molar refractivity (Wildman–Crippen MR) is 64.0 cm³/mol. The second-order valence-electron chi connectivity index (χ2n) is 3.97. The van der Waals surface area contributed by atoms with Gasteiger partial charge in [-0.05, 0) is 38.6 Å². The zero-order chi connectivity index (χ0) is 12.8. The van der Waals surface area contributed by atoms with Gasteiger partial charge in [-0.2, -0.15) is 0 Å². The topological polar surface area (TPSA) is 29.5 Å². The van der Waals surface area contributed by atoms with Crippen molar-refractivity contribution < 1.29 is 13.9 Å². The van der Waals surface area contributed by atoms with Crippen LogP contribution in [0.2, 0.25) is 0 Å². The van der Waals surface area contributed by atoms with E-state index in [2.05, 4.69) is 0 Å². The van der Waals surface area contributed by atoms with E-state index in [4.69, 9.17) is 4.74 Å². The minimum atomic E-state index is -0.335. The van der Waals surface area contributed by atoms with Crippen LogP contribution in [0.5, 0.6) is 0 Å². The van der Waals surface area contributed by atoms with Crippen LogP contribution in [0.4, 0.5) is 4.39 Å². The maximum Gasteiger partial charge on any atom is 0.323 e. The largest absolute Gasteiger partial charge is 0.465 e. The Labute approximate surface area is 101 Å². The SMILES string of the molecule is CCOC(=O)C(C)N(C)Cc1cccc(F)c1. The first-order valence-corrected chi connectivity index (χ1v) is 5.66. The Morgan fingerprint density at radius 2 is 2.24 bits per heavy atom. The van der Waals surface area contributed by atoms with Crippen LogP contribution < -0.4 is 0 Å². The Balaban J connectivity index is 2.59. The van der Waals surface area contributed by atoms with Gasteiger partial charge in [0.25, 0.3) is 0 Å². The molecule has 1 unspecified atom stereocenters. The summed E-state index contributed by atoms with van der Waals surface area (Å²) < 4.78 is 17.9.